The number of fused-ring (bicyclic) bond motifs is 1. The van der Waals surface area contributed by atoms with Crippen molar-refractivity contribution in [2.75, 3.05) is 12.9 Å². The lowest BCUT2D eigenvalue weighted by atomic mass is 9.93. The first-order valence-corrected chi connectivity index (χ1v) is 13.8. The van der Waals surface area contributed by atoms with Crippen LogP contribution in [0.4, 0.5) is 0 Å². The molecule has 1 N–H and O–H groups in total. The Labute approximate surface area is 221 Å². The fourth-order valence-corrected chi connectivity index (χ4v) is 5.72. The second-order valence-electron chi connectivity index (χ2n) is 8.30. The van der Waals surface area contributed by atoms with E-state index in [4.69, 9.17) is 9.73 Å². The van der Waals surface area contributed by atoms with Crippen LogP contribution in [0.25, 0.3) is 11.8 Å². The van der Waals surface area contributed by atoms with Crippen LogP contribution in [0.3, 0.4) is 0 Å². The number of aromatic nitrogens is 1. The summed E-state index contributed by atoms with van der Waals surface area (Å²) >= 11 is 2.87. The first kappa shape index (κ1) is 24.8. The minimum absolute atomic E-state index is 0.115. The Balaban J connectivity index is 1.82. The zero-order chi connectivity index (χ0) is 25.9. The van der Waals surface area contributed by atoms with E-state index in [1.165, 1.54) is 11.3 Å². The summed E-state index contributed by atoms with van der Waals surface area (Å²) in [6.45, 7) is 1.96. The molecular formula is C29H24N2O4S2. The van der Waals surface area contributed by atoms with Gasteiger partial charge >= 0.3 is 5.97 Å². The molecule has 0 amide bonds. The summed E-state index contributed by atoms with van der Waals surface area (Å²) in [7, 11) is 0. The van der Waals surface area contributed by atoms with E-state index < -0.39 is 12.0 Å². The third-order valence-corrected chi connectivity index (χ3v) is 7.70. The molecule has 0 aliphatic carbocycles. The van der Waals surface area contributed by atoms with E-state index in [9.17, 15) is 14.7 Å². The Bertz CT molecular complexity index is 1670. The summed E-state index contributed by atoms with van der Waals surface area (Å²) in [6.07, 6.45) is 3.73. The fraction of sp³-hybridized carbons (Fsp3) is 0.138. The van der Waals surface area contributed by atoms with Crippen LogP contribution in [0.1, 0.15) is 29.7 Å². The predicted octanol–water partition coefficient (Wildman–Crippen LogP) is 4.36. The van der Waals surface area contributed by atoms with Crippen LogP contribution < -0.4 is 14.9 Å². The van der Waals surface area contributed by atoms with E-state index in [1.54, 1.807) is 47.5 Å². The van der Waals surface area contributed by atoms with Crippen LogP contribution >= 0.6 is 23.1 Å². The van der Waals surface area contributed by atoms with Gasteiger partial charge < -0.3 is 9.84 Å². The molecule has 8 heteroatoms. The predicted molar refractivity (Wildman–Crippen MR) is 147 cm³/mol. The third kappa shape index (κ3) is 4.90. The van der Waals surface area contributed by atoms with Gasteiger partial charge in [-0.3, -0.25) is 9.36 Å². The van der Waals surface area contributed by atoms with Gasteiger partial charge in [0, 0.05) is 10.5 Å². The van der Waals surface area contributed by atoms with Gasteiger partial charge in [-0.2, -0.15) is 0 Å². The highest BCUT2D eigenvalue weighted by Crippen LogP contribution is 2.35. The Hall–Kier alpha value is -3.88. The van der Waals surface area contributed by atoms with Gasteiger partial charge in [-0.1, -0.05) is 65.9 Å². The third-order valence-electron chi connectivity index (χ3n) is 5.97. The summed E-state index contributed by atoms with van der Waals surface area (Å²) in [5, 5.41) is 9.88. The lowest BCUT2D eigenvalue weighted by molar-refractivity contribution is -0.138. The number of rotatable bonds is 6. The Kier molecular flexibility index (Phi) is 7.12. The molecule has 0 bridgehead atoms. The van der Waals surface area contributed by atoms with Crippen molar-refractivity contribution in [1.82, 2.24) is 4.57 Å². The molecule has 0 spiro atoms. The maximum absolute atomic E-state index is 13.8. The van der Waals surface area contributed by atoms with Gasteiger partial charge in [0.05, 0.1) is 28.5 Å². The number of hydrogen-bond donors (Lipinski definition) is 1. The number of carbonyl (C=O) groups excluding carboxylic acids is 1. The topological polar surface area (TPSA) is 80.9 Å². The van der Waals surface area contributed by atoms with Gasteiger partial charge in [0.15, 0.2) is 4.80 Å². The minimum atomic E-state index is -0.715. The van der Waals surface area contributed by atoms with Crippen LogP contribution in [0, 0.1) is 0 Å². The molecule has 5 rings (SSSR count). The fourth-order valence-electron chi connectivity index (χ4n) is 4.31. The largest absolute Gasteiger partial charge is 0.508 e. The number of thiazole rings is 1. The number of benzene rings is 3. The highest BCUT2D eigenvalue weighted by Gasteiger charge is 2.35. The number of aromatic hydroxyl groups is 1. The van der Waals surface area contributed by atoms with Gasteiger partial charge in [-0.25, -0.2) is 9.79 Å². The van der Waals surface area contributed by atoms with Crippen LogP contribution in [-0.4, -0.2) is 28.5 Å². The maximum atomic E-state index is 13.8. The molecule has 3 aromatic carbocycles. The lowest BCUT2D eigenvalue weighted by Gasteiger charge is -2.26. The zero-order valence-electron chi connectivity index (χ0n) is 20.3. The molecule has 0 radical (unpaired) electrons. The lowest BCUT2D eigenvalue weighted by Crippen LogP contribution is -2.40. The number of thioether (sulfide) groups is 1. The molecule has 37 heavy (non-hydrogen) atoms. The summed E-state index contributed by atoms with van der Waals surface area (Å²) in [6, 6.07) is 23.3. The van der Waals surface area contributed by atoms with E-state index in [1.807, 2.05) is 66.9 Å². The number of carbonyl (C=O) groups is 1. The second-order valence-corrected chi connectivity index (χ2v) is 10.2. The molecule has 2 heterocycles. The Morgan fingerprint density at radius 2 is 1.86 bits per heavy atom. The highest BCUT2D eigenvalue weighted by molar-refractivity contribution is 7.98. The van der Waals surface area contributed by atoms with Crippen molar-refractivity contribution in [3.05, 3.63) is 121 Å². The van der Waals surface area contributed by atoms with Crippen LogP contribution in [0.5, 0.6) is 5.75 Å². The van der Waals surface area contributed by atoms with E-state index in [-0.39, 0.29) is 17.9 Å². The van der Waals surface area contributed by atoms with Gasteiger partial charge in [0.1, 0.15) is 5.75 Å². The van der Waals surface area contributed by atoms with Crippen molar-refractivity contribution in [2.45, 2.75) is 17.9 Å². The average molecular weight is 529 g/mol. The number of ether oxygens (including phenoxy) is 1. The van der Waals surface area contributed by atoms with Gasteiger partial charge in [-0.15, -0.1) is 11.8 Å². The van der Waals surface area contributed by atoms with Crippen molar-refractivity contribution < 1.29 is 14.6 Å². The van der Waals surface area contributed by atoms with Crippen molar-refractivity contribution >= 4 is 40.8 Å². The Morgan fingerprint density at radius 1 is 1.11 bits per heavy atom. The van der Waals surface area contributed by atoms with Crippen molar-refractivity contribution in [3.63, 3.8) is 0 Å². The van der Waals surface area contributed by atoms with E-state index >= 15 is 0 Å². The summed E-state index contributed by atoms with van der Waals surface area (Å²) < 4.78 is 7.52. The molecule has 186 valence electrons. The highest BCUT2D eigenvalue weighted by atomic mass is 32.2. The van der Waals surface area contributed by atoms with E-state index in [0.29, 0.717) is 26.2 Å². The number of esters is 1. The molecule has 1 aromatic heterocycles. The number of phenolic OH excluding ortho intramolecular Hbond substituents is 1. The van der Waals surface area contributed by atoms with Crippen LogP contribution in [0.15, 0.2) is 99.1 Å². The van der Waals surface area contributed by atoms with Crippen LogP contribution in [-0.2, 0) is 9.53 Å². The van der Waals surface area contributed by atoms with Crippen molar-refractivity contribution in [3.8, 4) is 5.75 Å². The molecular weight excluding hydrogens is 504 g/mol. The number of phenols is 1. The van der Waals surface area contributed by atoms with E-state index in [0.717, 1.165) is 16.0 Å². The standard InChI is InChI=1S/C29H24N2O4S2/c1-3-35-28(34)24-25(19-9-5-4-6-10-19)30-29-31(26(24)20-12-14-22(36-2)15-13-20)27(33)23(37-29)17-18-8-7-11-21(32)16-18/h4-17,26,32H,3H2,1-2H3/b23-17-/t26-/m1/s1. The number of nitrogens with zero attached hydrogens (tertiary/aromatic N) is 2. The zero-order valence-corrected chi connectivity index (χ0v) is 21.9. The normalized spacial score (nSPS) is 15.3. The molecule has 1 atom stereocenters. The van der Waals surface area contributed by atoms with Gasteiger partial charge in [0.2, 0.25) is 0 Å². The Morgan fingerprint density at radius 3 is 2.54 bits per heavy atom. The first-order valence-electron chi connectivity index (χ1n) is 11.7. The second kappa shape index (κ2) is 10.6. The molecule has 0 saturated carbocycles. The summed E-state index contributed by atoms with van der Waals surface area (Å²) in [4.78, 5) is 33.7. The SMILES string of the molecule is CCOC(=O)C1=C(c2ccccc2)N=c2s/c(=C\c3cccc(O)c3)c(=O)n2[C@@H]1c1ccc(SC)cc1. The number of hydrogen-bond acceptors (Lipinski definition) is 7. The first-order chi connectivity index (χ1) is 18.0. The molecule has 0 fully saturated rings. The summed E-state index contributed by atoms with van der Waals surface area (Å²) in [5.74, 6) is -0.393. The molecule has 6 nitrogen and oxygen atoms in total. The summed E-state index contributed by atoms with van der Waals surface area (Å²) in [5.41, 5.74) is 2.79. The molecule has 4 aromatic rings. The van der Waals surface area contributed by atoms with Crippen molar-refractivity contribution in [2.24, 2.45) is 4.99 Å². The monoisotopic (exact) mass is 528 g/mol. The molecule has 0 saturated heterocycles. The van der Waals surface area contributed by atoms with Gasteiger partial charge in [0.25, 0.3) is 5.56 Å². The van der Waals surface area contributed by atoms with Gasteiger partial charge in [-0.05, 0) is 54.6 Å². The quantitative estimate of drug-likeness (QED) is 0.297. The maximum Gasteiger partial charge on any atom is 0.338 e. The van der Waals surface area contributed by atoms with Crippen LogP contribution in [0.2, 0.25) is 0 Å². The minimum Gasteiger partial charge on any atom is -0.508 e. The smallest absolute Gasteiger partial charge is 0.338 e. The van der Waals surface area contributed by atoms with E-state index in [2.05, 4.69) is 0 Å². The van der Waals surface area contributed by atoms with Crippen molar-refractivity contribution in [1.29, 1.82) is 0 Å². The molecule has 1 aliphatic heterocycles. The molecule has 1 aliphatic rings. The molecule has 0 unspecified atom stereocenters. The average Bonchev–Trinajstić information content (AvgIpc) is 3.22.